The van der Waals surface area contributed by atoms with Gasteiger partial charge in [-0.05, 0) is 18.6 Å². The van der Waals surface area contributed by atoms with Crippen LogP contribution >= 0.6 is 15.9 Å². The van der Waals surface area contributed by atoms with Crippen molar-refractivity contribution in [1.29, 1.82) is 0 Å². The molecule has 1 aromatic heterocycles. The monoisotopic (exact) mass is 281 g/mol. The SMILES string of the molecule is OC(CCBr)C(O)c1ccc(F)nc1F. The highest BCUT2D eigenvalue weighted by molar-refractivity contribution is 9.09. The Hall–Kier alpha value is -0.590. The molecule has 0 saturated heterocycles. The summed E-state index contributed by atoms with van der Waals surface area (Å²) < 4.78 is 25.5. The number of hydrogen-bond donors (Lipinski definition) is 2. The molecule has 0 aliphatic heterocycles. The second-order valence-electron chi connectivity index (χ2n) is 3.00. The molecule has 84 valence electrons. The molecule has 0 spiro atoms. The van der Waals surface area contributed by atoms with Crippen LogP contribution in [0.2, 0.25) is 0 Å². The Kier molecular flexibility index (Phi) is 4.56. The summed E-state index contributed by atoms with van der Waals surface area (Å²) in [5.41, 5.74) is -0.204. The topological polar surface area (TPSA) is 53.4 Å². The Bertz CT molecular complexity index is 338. The van der Waals surface area contributed by atoms with Crippen LogP contribution in [0.15, 0.2) is 12.1 Å². The largest absolute Gasteiger partial charge is 0.390 e. The number of hydrogen-bond acceptors (Lipinski definition) is 3. The summed E-state index contributed by atoms with van der Waals surface area (Å²) in [6, 6.07) is 2.00. The van der Waals surface area contributed by atoms with Crippen LogP contribution in [0, 0.1) is 11.9 Å². The van der Waals surface area contributed by atoms with Crippen LogP contribution in [0.5, 0.6) is 0 Å². The van der Waals surface area contributed by atoms with Gasteiger partial charge in [-0.2, -0.15) is 13.8 Å². The molecule has 0 radical (unpaired) electrons. The van der Waals surface area contributed by atoms with Crippen molar-refractivity contribution in [3.05, 3.63) is 29.6 Å². The average molecular weight is 282 g/mol. The van der Waals surface area contributed by atoms with Gasteiger partial charge >= 0.3 is 0 Å². The number of alkyl halides is 1. The fourth-order valence-corrected chi connectivity index (χ4v) is 1.59. The van der Waals surface area contributed by atoms with Crippen LogP contribution in [-0.2, 0) is 0 Å². The minimum absolute atomic E-state index is 0.204. The van der Waals surface area contributed by atoms with Crippen molar-refractivity contribution in [2.75, 3.05) is 5.33 Å². The summed E-state index contributed by atoms with van der Waals surface area (Å²) in [6.07, 6.45) is -2.24. The van der Waals surface area contributed by atoms with Crippen LogP contribution in [0.4, 0.5) is 8.78 Å². The van der Waals surface area contributed by atoms with Gasteiger partial charge in [-0.25, -0.2) is 0 Å². The van der Waals surface area contributed by atoms with Crippen LogP contribution in [0.3, 0.4) is 0 Å². The predicted octanol–water partition coefficient (Wildman–Crippen LogP) is 1.54. The maximum atomic E-state index is 13.1. The minimum Gasteiger partial charge on any atom is -0.390 e. The Morgan fingerprint density at radius 2 is 2.00 bits per heavy atom. The number of aromatic nitrogens is 1. The van der Waals surface area contributed by atoms with Crippen molar-refractivity contribution in [3.8, 4) is 0 Å². The van der Waals surface area contributed by atoms with Gasteiger partial charge in [0.2, 0.25) is 11.9 Å². The Balaban J connectivity index is 2.86. The van der Waals surface area contributed by atoms with E-state index in [4.69, 9.17) is 0 Å². The summed E-state index contributed by atoms with van der Waals surface area (Å²) in [6.45, 7) is 0. The van der Waals surface area contributed by atoms with Crippen molar-refractivity contribution in [3.63, 3.8) is 0 Å². The first-order valence-corrected chi connectivity index (χ1v) is 5.42. The number of aliphatic hydroxyl groups is 2. The van der Waals surface area contributed by atoms with E-state index < -0.39 is 24.1 Å². The van der Waals surface area contributed by atoms with E-state index in [9.17, 15) is 19.0 Å². The quantitative estimate of drug-likeness (QED) is 0.650. The maximum Gasteiger partial charge on any atom is 0.221 e. The number of pyridine rings is 1. The smallest absolute Gasteiger partial charge is 0.221 e. The normalized spacial score (nSPS) is 15.0. The molecule has 6 heteroatoms. The minimum atomic E-state index is -1.39. The van der Waals surface area contributed by atoms with Gasteiger partial charge in [-0.1, -0.05) is 15.9 Å². The van der Waals surface area contributed by atoms with E-state index in [2.05, 4.69) is 20.9 Å². The van der Waals surface area contributed by atoms with Crippen LogP contribution in [0.25, 0.3) is 0 Å². The van der Waals surface area contributed by atoms with Gasteiger partial charge in [0, 0.05) is 10.9 Å². The van der Waals surface area contributed by atoms with Crippen LogP contribution in [-0.4, -0.2) is 26.6 Å². The van der Waals surface area contributed by atoms with E-state index in [1.807, 2.05) is 0 Å². The summed E-state index contributed by atoms with van der Waals surface area (Å²) in [7, 11) is 0. The molecule has 0 fully saturated rings. The van der Waals surface area contributed by atoms with Crippen LogP contribution in [0.1, 0.15) is 18.1 Å². The van der Waals surface area contributed by atoms with Gasteiger partial charge in [0.1, 0.15) is 6.10 Å². The maximum absolute atomic E-state index is 13.1. The summed E-state index contributed by atoms with van der Waals surface area (Å²) >= 11 is 3.08. The van der Waals surface area contributed by atoms with Gasteiger partial charge < -0.3 is 10.2 Å². The summed E-state index contributed by atoms with van der Waals surface area (Å²) in [5.74, 6) is -2.06. The standard InChI is InChI=1S/C9H10BrF2NO2/c10-4-3-6(14)8(15)5-1-2-7(11)13-9(5)12/h1-2,6,8,14-15H,3-4H2. The van der Waals surface area contributed by atoms with Crippen molar-refractivity contribution in [1.82, 2.24) is 4.98 Å². The third kappa shape index (κ3) is 3.19. The lowest BCUT2D eigenvalue weighted by Gasteiger charge is -2.17. The van der Waals surface area contributed by atoms with E-state index in [1.165, 1.54) is 0 Å². The number of nitrogens with zero attached hydrogens (tertiary/aromatic N) is 1. The first-order chi connectivity index (χ1) is 7.06. The Labute approximate surface area is 93.9 Å². The molecule has 2 unspecified atom stereocenters. The summed E-state index contributed by atoms with van der Waals surface area (Å²) in [4.78, 5) is 2.92. The third-order valence-electron chi connectivity index (χ3n) is 1.93. The molecule has 0 aliphatic carbocycles. The molecule has 1 aromatic rings. The Morgan fingerprint density at radius 1 is 1.33 bits per heavy atom. The highest BCUT2D eigenvalue weighted by atomic mass is 79.9. The zero-order chi connectivity index (χ0) is 11.4. The number of halogens is 3. The first kappa shape index (κ1) is 12.5. The van der Waals surface area contributed by atoms with Gasteiger partial charge in [0.15, 0.2) is 0 Å². The van der Waals surface area contributed by atoms with Gasteiger partial charge in [0.05, 0.1) is 6.10 Å². The molecule has 0 saturated carbocycles. The van der Waals surface area contributed by atoms with Gasteiger partial charge in [0.25, 0.3) is 0 Å². The highest BCUT2D eigenvalue weighted by Crippen LogP contribution is 2.21. The second kappa shape index (κ2) is 5.48. The highest BCUT2D eigenvalue weighted by Gasteiger charge is 2.21. The van der Waals surface area contributed by atoms with Crippen LogP contribution < -0.4 is 0 Å². The molecule has 0 bridgehead atoms. The van der Waals surface area contributed by atoms with Gasteiger partial charge in [-0.3, -0.25) is 0 Å². The third-order valence-corrected chi connectivity index (χ3v) is 2.39. The van der Waals surface area contributed by atoms with E-state index in [0.717, 1.165) is 12.1 Å². The zero-order valence-corrected chi connectivity index (χ0v) is 9.29. The van der Waals surface area contributed by atoms with E-state index >= 15 is 0 Å². The zero-order valence-electron chi connectivity index (χ0n) is 7.70. The Morgan fingerprint density at radius 3 is 2.53 bits per heavy atom. The molecule has 15 heavy (non-hydrogen) atoms. The molecule has 1 heterocycles. The molecule has 2 N–H and O–H groups in total. The molecule has 3 nitrogen and oxygen atoms in total. The van der Waals surface area contributed by atoms with E-state index in [0.29, 0.717) is 5.33 Å². The fraction of sp³-hybridized carbons (Fsp3) is 0.444. The molecular formula is C9H10BrF2NO2. The molecular weight excluding hydrogens is 272 g/mol. The lowest BCUT2D eigenvalue weighted by Crippen LogP contribution is -2.20. The van der Waals surface area contributed by atoms with Crippen molar-refractivity contribution in [2.24, 2.45) is 0 Å². The van der Waals surface area contributed by atoms with Crippen molar-refractivity contribution >= 4 is 15.9 Å². The van der Waals surface area contributed by atoms with E-state index in [1.54, 1.807) is 0 Å². The molecule has 0 aliphatic rings. The fourth-order valence-electron chi connectivity index (χ4n) is 1.12. The molecule has 2 atom stereocenters. The predicted molar refractivity (Wildman–Crippen MR) is 53.5 cm³/mol. The van der Waals surface area contributed by atoms with E-state index in [-0.39, 0.29) is 12.0 Å². The number of aliphatic hydroxyl groups excluding tert-OH is 2. The number of rotatable bonds is 4. The summed E-state index contributed by atoms with van der Waals surface area (Å²) in [5, 5.41) is 19.4. The first-order valence-electron chi connectivity index (χ1n) is 4.30. The van der Waals surface area contributed by atoms with Crippen molar-refractivity contribution < 1.29 is 19.0 Å². The van der Waals surface area contributed by atoms with Crippen molar-refractivity contribution in [2.45, 2.75) is 18.6 Å². The molecule has 1 rings (SSSR count). The molecule has 0 aromatic carbocycles. The second-order valence-corrected chi connectivity index (χ2v) is 3.80. The average Bonchev–Trinajstić information content (AvgIpc) is 2.17. The lowest BCUT2D eigenvalue weighted by molar-refractivity contribution is 0.0147. The lowest BCUT2D eigenvalue weighted by atomic mass is 10.0. The molecule has 0 amide bonds. The van der Waals surface area contributed by atoms with Gasteiger partial charge in [-0.15, -0.1) is 0 Å².